The van der Waals surface area contributed by atoms with Crippen LogP contribution < -0.4 is 0 Å². The molecule has 0 unspecified atom stereocenters. The Kier molecular flexibility index (Phi) is 5.26. The Morgan fingerprint density at radius 1 is 1.25 bits per heavy atom. The van der Waals surface area contributed by atoms with Crippen molar-refractivity contribution in [3.8, 4) is 0 Å². The Morgan fingerprint density at radius 3 is 2.25 bits per heavy atom. The molecule has 68 valence electrons. The molecule has 0 saturated carbocycles. The van der Waals surface area contributed by atoms with Crippen molar-refractivity contribution in [1.82, 2.24) is 9.97 Å². The SMILES string of the molecule is CC.CCc1ncc(C)c(C)n1. The third-order valence-electron chi connectivity index (χ3n) is 1.59. The summed E-state index contributed by atoms with van der Waals surface area (Å²) in [4.78, 5) is 8.43. The van der Waals surface area contributed by atoms with Gasteiger partial charge >= 0.3 is 0 Å². The summed E-state index contributed by atoms with van der Waals surface area (Å²) in [6.07, 6.45) is 2.79. The van der Waals surface area contributed by atoms with Crippen LogP contribution in [0, 0.1) is 13.8 Å². The van der Waals surface area contributed by atoms with Crippen molar-refractivity contribution in [2.75, 3.05) is 0 Å². The van der Waals surface area contributed by atoms with Crippen LogP contribution in [-0.2, 0) is 6.42 Å². The zero-order chi connectivity index (χ0) is 9.56. The van der Waals surface area contributed by atoms with E-state index in [-0.39, 0.29) is 0 Å². The zero-order valence-electron chi connectivity index (χ0n) is 8.68. The molecule has 1 rings (SSSR count). The monoisotopic (exact) mass is 166 g/mol. The normalized spacial score (nSPS) is 8.75. The highest BCUT2D eigenvalue weighted by atomic mass is 14.9. The van der Waals surface area contributed by atoms with Gasteiger partial charge in [0.1, 0.15) is 5.82 Å². The lowest BCUT2D eigenvalue weighted by molar-refractivity contribution is 0.904. The first-order valence-corrected chi connectivity index (χ1v) is 4.53. The van der Waals surface area contributed by atoms with E-state index in [1.165, 1.54) is 0 Å². The molecule has 0 aliphatic carbocycles. The van der Waals surface area contributed by atoms with Gasteiger partial charge in [0.25, 0.3) is 0 Å². The van der Waals surface area contributed by atoms with Gasteiger partial charge in [-0.2, -0.15) is 0 Å². The van der Waals surface area contributed by atoms with E-state index in [2.05, 4.69) is 16.9 Å². The van der Waals surface area contributed by atoms with Gasteiger partial charge in [-0.3, -0.25) is 0 Å². The summed E-state index contributed by atoms with van der Waals surface area (Å²) in [5.41, 5.74) is 2.25. The molecule has 0 aliphatic rings. The lowest BCUT2D eigenvalue weighted by atomic mass is 10.3. The fourth-order valence-corrected chi connectivity index (χ4v) is 0.746. The summed E-state index contributed by atoms with van der Waals surface area (Å²) in [7, 11) is 0. The van der Waals surface area contributed by atoms with Crippen LogP contribution in [0.4, 0.5) is 0 Å². The molecule has 0 spiro atoms. The van der Waals surface area contributed by atoms with Crippen LogP contribution in [0.3, 0.4) is 0 Å². The van der Waals surface area contributed by atoms with Crippen LogP contribution >= 0.6 is 0 Å². The summed E-state index contributed by atoms with van der Waals surface area (Å²) in [6.45, 7) is 10.1. The molecule has 0 bridgehead atoms. The topological polar surface area (TPSA) is 25.8 Å². The minimum Gasteiger partial charge on any atom is -0.241 e. The number of rotatable bonds is 1. The molecular formula is C10H18N2. The van der Waals surface area contributed by atoms with E-state index in [0.29, 0.717) is 0 Å². The van der Waals surface area contributed by atoms with Crippen molar-refractivity contribution in [3.05, 3.63) is 23.3 Å². The van der Waals surface area contributed by atoms with Crippen LogP contribution in [0.5, 0.6) is 0 Å². The van der Waals surface area contributed by atoms with Crippen molar-refractivity contribution >= 4 is 0 Å². The second kappa shape index (κ2) is 5.70. The standard InChI is InChI=1S/C8H12N2.C2H6/c1-4-8-9-5-6(2)7(3)10-8;1-2/h5H,4H2,1-3H3;1-2H3. The van der Waals surface area contributed by atoms with Crippen molar-refractivity contribution in [1.29, 1.82) is 0 Å². The van der Waals surface area contributed by atoms with Crippen molar-refractivity contribution in [2.24, 2.45) is 0 Å². The summed E-state index contributed by atoms with van der Waals surface area (Å²) in [5, 5.41) is 0. The molecule has 0 atom stereocenters. The Morgan fingerprint density at radius 2 is 1.83 bits per heavy atom. The zero-order valence-corrected chi connectivity index (χ0v) is 8.68. The minimum atomic E-state index is 0.918. The van der Waals surface area contributed by atoms with Gasteiger partial charge in [0.15, 0.2) is 0 Å². The van der Waals surface area contributed by atoms with Gasteiger partial charge in [0.05, 0.1) is 0 Å². The summed E-state index contributed by atoms with van der Waals surface area (Å²) < 4.78 is 0. The predicted octanol–water partition coefficient (Wildman–Crippen LogP) is 2.68. The molecule has 0 amide bonds. The van der Waals surface area contributed by atoms with E-state index in [1.54, 1.807) is 0 Å². The van der Waals surface area contributed by atoms with Crippen molar-refractivity contribution in [2.45, 2.75) is 41.0 Å². The predicted molar refractivity (Wildman–Crippen MR) is 52.2 cm³/mol. The van der Waals surface area contributed by atoms with E-state index < -0.39 is 0 Å². The van der Waals surface area contributed by atoms with Crippen LogP contribution in [0.1, 0.15) is 37.9 Å². The fraction of sp³-hybridized carbons (Fsp3) is 0.600. The van der Waals surface area contributed by atoms with Gasteiger partial charge in [0, 0.05) is 18.3 Å². The molecule has 1 heterocycles. The summed E-state index contributed by atoms with van der Waals surface area (Å²) >= 11 is 0. The molecule has 12 heavy (non-hydrogen) atoms. The van der Waals surface area contributed by atoms with Crippen molar-refractivity contribution < 1.29 is 0 Å². The molecule has 2 nitrogen and oxygen atoms in total. The summed E-state index contributed by atoms with van der Waals surface area (Å²) in [6, 6.07) is 0. The molecule has 0 aliphatic heterocycles. The van der Waals surface area contributed by atoms with Crippen LogP contribution in [0.2, 0.25) is 0 Å². The van der Waals surface area contributed by atoms with Gasteiger partial charge in [-0.15, -0.1) is 0 Å². The molecule has 1 aromatic heterocycles. The number of aromatic nitrogens is 2. The lowest BCUT2D eigenvalue weighted by Gasteiger charge is -1.99. The number of nitrogens with zero attached hydrogens (tertiary/aromatic N) is 2. The van der Waals surface area contributed by atoms with Gasteiger partial charge in [-0.25, -0.2) is 9.97 Å². The Labute approximate surface area is 75.1 Å². The lowest BCUT2D eigenvalue weighted by Crippen LogP contribution is -1.96. The smallest absolute Gasteiger partial charge is 0.128 e. The average Bonchev–Trinajstić information content (AvgIpc) is 2.13. The first kappa shape index (κ1) is 11.1. The van der Waals surface area contributed by atoms with E-state index in [9.17, 15) is 0 Å². The first-order valence-electron chi connectivity index (χ1n) is 4.53. The van der Waals surface area contributed by atoms with Gasteiger partial charge in [0.2, 0.25) is 0 Å². The second-order valence-electron chi connectivity index (χ2n) is 2.41. The Bertz CT molecular complexity index is 231. The number of hydrogen-bond acceptors (Lipinski definition) is 2. The number of hydrogen-bond donors (Lipinski definition) is 0. The molecule has 0 N–H and O–H groups in total. The van der Waals surface area contributed by atoms with Crippen LogP contribution in [0.15, 0.2) is 6.20 Å². The van der Waals surface area contributed by atoms with E-state index in [4.69, 9.17) is 0 Å². The van der Waals surface area contributed by atoms with Gasteiger partial charge in [-0.05, 0) is 19.4 Å². The van der Waals surface area contributed by atoms with Gasteiger partial charge in [-0.1, -0.05) is 20.8 Å². The van der Waals surface area contributed by atoms with E-state index in [0.717, 1.165) is 23.5 Å². The second-order valence-corrected chi connectivity index (χ2v) is 2.41. The van der Waals surface area contributed by atoms with Crippen LogP contribution in [0.25, 0.3) is 0 Å². The Balaban J connectivity index is 0.000000561. The minimum absolute atomic E-state index is 0.918. The number of aryl methyl sites for hydroxylation is 3. The van der Waals surface area contributed by atoms with Crippen LogP contribution in [-0.4, -0.2) is 9.97 Å². The molecule has 0 fully saturated rings. The highest BCUT2D eigenvalue weighted by Gasteiger charge is 1.95. The molecule has 0 saturated heterocycles. The van der Waals surface area contributed by atoms with Gasteiger partial charge < -0.3 is 0 Å². The first-order chi connectivity index (χ1) is 5.74. The molecule has 2 heteroatoms. The third kappa shape index (κ3) is 2.99. The molecule has 0 aromatic carbocycles. The maximum atomic E-state index is 4.28. The Hall–Kier alpha value is -0.920. The van der Waals surface area contributed by atoms with Crippen molar-refractivity contribution in [3.63, 3.8) is 0 Å². The largest absolute Gasteiger partial charge is 0.241 e. The maximum Gasteiger partial charge on any atom is 0.128 e. The quantitative estimate of drug-likeness (QED) is 0.641. The molecule has 1 aromatic rings. The van der Waals surface area contributed by atoms with E-state index in [1.807, 2.05) is 33.9 Å². The average molecular weight is 166 g/mol. The summed E-state index contributed by atoms with van der Waals surface area (Å²) in [5.74, 6) is 0.933. The highest BCUT2D eigenvalue weighted by molar-refractivity contribution is 5.13. The maximum absolute atomic E-state index is 4.28. The highest BCUT2D eigenvalue weighted by Crippen LogP contribution is 2.01. The van der Waals surface area contributed by atoms with E-state index >= 15 is 0 Å². The molecule has 0 radical (unpaired) electrons. The fourth-order valence-electron chi connectivity index (χ4n) is 0.746. The molecular weight excluding hydrogens is 148 g/mol. The third-order valence-corrected chi connectivity index (χ3v) is 1.59.